The maximum absolute atomic E-state index is 13.2. The number of rotatable bonds is 7. The van der Waals surface area contributed by atoms with Gasteiger partial charge in [0, 0.05) is 19.9 Å². The fourth-order valence-electron chi connectivity index (χ4n) is 3.46. The minimum Gasteiger partial charge on any atom is -0.497 e. The zero-order valence-corrected chi connectivity index (χ0v) is 16.5. The number of nitrogens with zero attached hydrogens (tertiary/aromatic N) is 1. The van der Waals surface area contributed by atoms with Crippen LogP contribution in [0.1, 0.15) is 49.0 Å². The summed E-state index contributed by atoms with van der Waals surface area (Å²) in [5, 5.41) is 3.00. The Morgan fingerprint density at radius 2 is 1.96 bits per heavy atom. The van der Waals surface area contributed by atoms with E-state index in [0.29, 0.717) is 21.5 Å². The first-order valence-corrected chi connectivity index (χ1v) is 9.09. The lowest BCUT2D eigenvalue weighted by Gasteiger charge is -2.57. The van der Waals surface area contributed by atoms with Gasteiger partial charge in [0.25, 0.3) is 5.91 Å². The molecule has 6 heteroatoms. The summed E-state index contributed by atoms with van der Waals surface area (Å²) >= 11 is 0. The number of ether oxygens (including phenoxy) is 2. The molecule has 1 aromatic rings. The van der Waals surface area contributed by atoms with E-state index in [4.69, 9.17) is 9.47 Å². The summed E-state index contributed by atoms with van der Waals surface area (Å²) in [6, 6.07) is 3.40. The van der Waals surface area contributed by atoms with Crippen LogP contribution in [0, 0.1) is 14.0 Å². The highest BCUT2D eigenvalue weighted by molar-refractivity contribution is 6.05. The molecule has 0 radical (unpaired) electrons. The first-order chi connectivity index (χ1) is 12.2. The van der Waals surface area contributed by atoms with Crippen molar-refractivity contribution in [1.82, 2.24) is 0 Å². The van der Waals surface area contributed by atoms with E-state index < -0.39 is 11.5 Å². The highest BCUT2D eigenvalue weighted by atomic mass is 16.5. The second-order valence-corrected chi connectivity index (χ2v) is 7.14. The van der Waals surface area contributed by atoms with Crippen molar-refractivity contribution >= 4 is 17.6 Å². The Labute approximate surface area is 156 Å². The van der Waals surface area contributed by atoms with Crippen molar-refractivity contribution < 1.29 is 23.5 Å². The lowest BCUT2D eigenvalue weighted by atomic mass is 9.73. The summed E-state index contributed by atoms with van der Waals surface area (Å²) in [5.41, 5.74) is 0.982. The predicted molar refractivity (Wildman–Crippen MR) is 101 cm³/mol. The van der Waals surface area contributed by atoms with Crippen LogP contribution in [0.3, 0.4) is 0 Å². The minimum atomic E-state index is -0.562. The van der Waals surface area contributed by atoms with E-state index >= 15 is 0 Å². The van der Waals surface area contributed by atoms with Gasteiger partial charge in [0.1, 0.15) is 5.75 Å². The molecule has 1 aliphatic carbocycles. The van der Waals surface area contributed by atoms with Gasteiger partial charge < -0.3 is 19.3 Å². The van der Waals surface area contributed by atoms with Gasteiger partial charge in [-0.2, -0.15) is 0 Å². The van der Waals surface area contributed by atoms with Gasteiger partial charge in [0.15, 0.2) is 5.54 Å². The SMILES string of the molecule is [CH2-][N+](C)(CC)C1(C(=O)Nc2c(C)cc(OC)cc2C(=O)OCC)CCC1. The highest BCUT2D eigenvalue weighted by Crippen LogP contribution is 2.43. The Bertz CT molecular complexity index is 693. The van der Waals surface area contributed by atoms with Gasteiger partial charge in [-0.05, 0) is 44.9 Å². The lowest BCUT2D eigenvalue weighted by molar-refractivity contribution is -0.913. The normalized spacial score (nSPS) is 17.6. The molecule has 0 bridgehead atoms. The van der Waals surface area contributed by atoms with Crippen molar-refractivity contribution in [2.24, 2.45) is 0 Å². The topological polar surface area (TPSA) is 64.6 Å². The number of quaternary nitrogens is 1. The Morgan fingerprint density at radius 1 is 1.31 bits per heavy atom. The van der Waals surface area contributed by atoms with Gasteiger partial charge in [0.05, 0.1) is 31.5 Å². The highest BCUT2D eigenvalue weighted by Gasteiger charge is 2.53. The Kier molecular flexibility index (Phi) is 5.96. The number of benzene rings is 1. The first kappa shape index (κ1) is 20.2. The number of carbonyl (C=O) groups is 2. The molecule has 1 aliphatic rings. The molecule has 1 amide bonds. The van der Waals surface area contributed by atoms with Gasteiger partial charge in [-0.3, -0.25) is 4.79 Å². The summed E-state index contributed by atoms with van der Waals surface area (Å²) in [4.78, 5) is 25.6. The van der Waals surface area contributed by atoms with Gasteiger partial charge in [0.2, 0.25) is 0 Å². The molecule has 1 saturated carbocycles. The smallest absolute Gasteiger partial charge is 0.340 e. The van der Waals surface area contributed by atoms with Crippen LogP contribution in [0.15, 0.2) is 12.1 Å². The third kappa shape index (κ3) is 3.43. The van der Waals surface area contributed by atoms with Gasteiger partial charge in [-0.1, -0.05) is 0 Å². The standard InChI is InChI=1S/C20H30N2O4/c1-7-22(4,5)20(10-9-11-20)19(24)21-17-14(3)12-15(25-6)13-16(17)18(23)26-8-2/h12-13H,4,7-11H2,1-3,5-6H3,(H,21,24). The van der Waals surface area contributed by atoms with Crippen LogP contribution in [-0.2, 0) is 9.53 Å². The fraction of sp³-hybridized carbons (Fsp3) is 0.550. The van der Waals surface area contributed by atoms with Gasteiger partial charge in [-0.25, -0.2) is 4.79 Å². The molecule has 144 valence electrons. The Balaban J connectivity index is 2.42. The van der Waals surface area contributed by atoms with Crippen LogP contribution in [0.25, 0.3) is 0 Å². The van der Waals surface area contributed by atoms with Crippen LogP contribution in [-0.4, -0.2) is 49.2 Å². The maximum atomic E-state index is 13.2. The molecule has 1 aromatic carbocycles. The molecular formula is C20H30N2O4. The van der Waals surface area contributed by atoms with Crippen molar-refractivity contribution in [2.45, 2.75) is 45.6 Å². The van der Waals surface area contributed by atoms with Crippen molar-refractivity contribution in [2.75, 3.05) is 32.6 Å². The molecule has 1 fully saturated rings. The summed E-state index contributed by atoms with van der Waals surface area (Å²) < 4.78 is 10.8. The number of carbonyl (C=O) groups excluding carboxylic acids is 2. The number of likely N-dealkylation sites (N-methyl/N-ethyl adjacent to an activating group) is 1. The summed E-state index contributed by atoms with van der Waals surface area (Å²) in [6.45, 7) is 6.63. The molecule has 0 aromatic heterocycles. The summed E-state index contributed by atoms with van der Waals surface area (Å²) in [6.07, 6.45) is 2.58. The van der Waals surface area contributed by atoms with Crippen molar-refractivity contribution in [1.29, 1.82) is 0 Å². The van der Waals surface area contributed by atoms with Gasteiger partial charge in [-0.15, -0.1) is 7.05 Å². The quantitative estimate of drug-likeness (QED) is 0.459. The number of methoxy groups -OCH3 is 1. The molecule has 26 heavy (non-hydrogen) atoms. The summed E-state index contributed by atoms with van der Waals surface area (Å²) in [7, 11) is 7.77. The van der Waals surface area contributed by atoms with Crippen LogP contribution < -0.4 is 10.1 Å². The van der Waals surface area contributed by atoms with E-state index in [9.17, 15) is 9.59 Å². The van der Waals surface area contributed by atoms with Gasteiger partial charge >= 0.3 is 5.97 Å². The molecule has 1 N–H and O–H groups in total. The Morgan fingerprint density at radius 3 is 2.42 bits per heavy atom. The first-order valence-electron chi connectivity index (χ1n) is 9.09. The molecule has 1 unspecified atom stereocenters. The Hall–Kier alpha value is -2.08. The van der Waals surface area contributed by atoms with E-state index in [1.54, 1.807) is 19.1 Å². The van der Waals surface area contributed by atoms with Crippen LogP contribution >= 0.6 is 0 Å². The molecule has 0 saturated heterocycles. The monoisotopic (exact) mass is 362 g/mol. The predicted octanol–water partition coefficient (Wildman–Crippen LogP) is 3.30. The fourth-order valence-corrected chi connectivity index (χ4v) is 3.46. The van der Waals surface area contributed by atoms with Crippen LogP contribution in [0.5, 0.6) is 5.75 Å². The summed E-state index contributed by atoms with van der Waals surface area (Å²) in [5.74, 6) is -0.0232. The maximum Gasteiger partial charge on any atom is 0.340 e. The third-order valence-electron chi connectivity index (χ3n) is 5.61. The average molecular weight is 362 g/mol. The number of amides is 1. The molecular weight excluding hydrogens is 332 g/mol. The number of esters is 1. The number of aryl methyl sites for hydroxylation is 1. The van der Waals surface area contributed by atoms with E-state index in [0.717, 1.165) is 31.4 Å². The number of nitrogens with one attached hydrogen (secondary N) is 1. The van der Waals surface area contributed by atoms with E-state index in [1.807, 2.05) is 20.9 Å². The second-order valence-electron chi connectivity index (χ2n) is 7.14. The molecule has 0 spiro atoms. The average Bonchev–Trinajstić information content (AvgIpc) is 2.55. The molecule has 2 rings (SSSR count). The minimum absolute atomic E-state index is 0.0954. The second kappa shape index (κ2) is 7.66. The van der Waals surface area contributed by atoms with E-state index in [-0.39, 0.29) is 12.5 Å². The third-order valence-corrected chi connectivity index (χ3v) is 5.61. The van der Waals surface area contributed by atoms with Crippen LogP contribution in [0.2, 0.25) is 0 Å². The largest absolute Gasteiger partial charge is 0.497 e. The molecule has 0 heterocycles. The number of anilines is 1. The van der Waals surface area contributed by atoms with E-state index in [1.165, 1.54) is 7.11 Å². The molecule has 1 atom stereocenters. The van der Waals surface area contributed by atoms with E-state index in [2.05, 4.69) is 12.4 Å². The molecule has 0 aliphatic heterocycles. The van der Waals surface area contributed by atoms with Crippen LogP contribution in [0.4, 0.5) is 5.69 Å². The molecule has 6 nitrogen and oxygen atoms in total. The zero-order valence-electron chi connectivity index (χ0n) is 16.5. The van der Waals surface area contributed by atoms with Crippen molar-refractivity contribution in [3.05, 3.63) is 30.3 Å². The number of hydrogen-bond donors (Lipinski definition) is 1. The number of hydrogen-bond acceptors (Lipinski definition) is 4. The van der Waals surface area contributed by atoms with Crippen molar-refractivity contribution in [3.8, 4) is 5.75 Å². The van der Waals surface area contributed by atoms with Crippen molar-refractivity contribution in [3.63, 3.8) is 0 Å². The lowest BCUT2D eigenvalue weighted by Crippen LogP contribution is -2.67. The zero-order chi connectivity index (χ0) is 19.5.